The highest BCUT2D eigenvalue weighted by molar-refractivity contribution is 7.89. The highest BCUT2D eigenvalue weighted by Crippen LogP contribution is 2.28. The van der Waals surface area contributed by atoms with Crippen molar-refractivity contribution in [2.75, 3.05) is 13.1 Å². The fourth-order valence-electron chi connectivity index (χ4n) is 4.45. The zero-order valence-corrected chi connectivity index (χ0v) is 19.9. The van der Waals surface area contributed by atoms with Crippen molar-refractivity contribution in [1.29, 1.82) is 0 Å². The highest BCUT2D eigenvalue weighted by Gasteiger charge is 2.38. The fourth-order valence-corrected chi connectivity index (χ4v) is 6.41. The molecule has 2 atom stereocenters. The highest BCUT2D eigenvalue weighted by atomic mass is 32.2. The molecule has 1 aliphatic heterocycles. The van der Waals surface area contributed by atoms with Crippen LogP contribution >= 0.6 is 0 Å². The van der Waals surface area contributed by atoms with E-state index in [4.69, 9.17) is 5.11 Å². The second-order valence-electron chi connectivity index (χ2n) is 8.64. The lowest BCUT2D eigenvalue weighted by atomic mass is 10.1. The molecule has 0 bridgehead atoms. The van der Waals surface area contributed by atoms with E-state index in [1.165, 1.54) is 28.6 Å². The van der Waals surface area contributed by atoms with Gasteiger partial charge in [-0.3, -0.25) is 9.69 Å². The second kappa shape index (κ2) is 9.93. The van der Waals surface area contributed by atoms with Crippen LogP contribution in [0, 0.1) is 6.92 Å². The number of carboxylic acid groups (broad SMARTS) is 1. The molecule has 0 spiro atoms. The summed E-state index contributed by atoms with van der Waals surface area (Å²) in [6, 6.07) is 9.47. The summed E-state index contributed by atoms with van der Waals surface area (Å²) >= 11 is 0. The molecular formula is C23H27F3N2O5S. The predicted octanol–water partition coefficient (Wildman–Crippen LogP) is 3.80. The van der Waals surface area contributed by atoms with Crippen molar-refractivity contribution in [3.8, 4) is 5.75 Å². The zero-order chi connectivity index (χ0) is 25.3. The largest absolute Gasteiger partial charge is 0.573 e. The third-order valence-corrected chi connectivity index (χ3v) is 7.62. The predicted molar refractivity (Wildman–Crippen MR) is 119 cm³/mol. The molecule has 2 unspecified atom stereocenters. The van der Waals surface area contributed by atoms with Gasteiger partial charge in [-0.05, 0) is 61.7 Å². The molecule has 7 nitrogen and oxygen atoms in total. The third-order valence-electron chi connectivity index (χ3n) is 5.52. The van der Waals surface area contributed by atoms with Crippen LogP contribution in [0.1, 0.15) is 30.5 Å². The molecule has 0 saturated carbocycles. The number of hydrogen-bond acceptors (Lipinski definition) is 5. The van der Waals surface area contributed by atoms with Crippen LogP contribution in [0.5, 0.6) is 5.75 Å². The van der Waals surface area contributed by atoms with Gasteiger partial charge in [-0.15, -0.1) is 13.2 Å². The number of hydrogen-bond donors (Lipinski definition) is 1. The van der Waals surface area contributed by atoms with Gasteiger partial charge in [-0.2, -0.15) is 4.31 Å². The van der Waals surface area contributed by atoms with Gasteiger partial charge in [0.25, 0.3) is 0 Å². The Morgan fingerprint density at radius 2 is 1.65 bits per heavy atom. The van der Waals surface area contributed by atoms with E-state index in [1.54, 1.807) is 39.0 Å². The summed E-state index contributed by atoms with van der Waals surface area (Å²) in [5.41, 5.74) is 1.86. The minimum atomic E-state index is -4.75. The van der Waals surface area contributed by atoms with E-state index >= 15 is 0 Å². The molecule has 34 heavy (non-hydrogen) atoms. The lowest BCUT2D eigenvalue weighted by molar-refractivity contribution is -0.274. The molecule has 186 valence electrons. The number of halogens is 3. The van der Waals surface area contributed by atoms with Gasteiger partial charge in [0.15, 0.2) is 0 Å². The quantitative estimate of drug-likeness (QED) is 0.622. The normalized spacial score (nSPS) is 20.3. The van der Waals surface area contributed by atoms with Crippen LogP contribution in [0.4, 0.5) is 13.2 Å². The number of aliphatic carboxylic acids is 1. The van der Waals surface area contributed by atoms with Gasteiger partial charge in [-0.1, -0.05) is 18.2 Å². The van der Waals surface area contributed by atoms with E-state index in [0.29, 0.717) is 30.8 Å². The Balaban J connectivity index is 1.73. The number of piperazine rings is 1. The molecule has 0 aromatic heterocycles. The molecular weight excluding hydrogens is 473 g/mol. The Hall–Kier alpha value is -2.63. The molecule has 3 rings (SSSR count). The van der Waals surface area contributed by atoms with Crippen molar-refractivity contribution in [3.05, 3.63) is 59.2 Å². The minimum absolute atomic E-state index is 0.0659. The molecule has 1 heterocycles. The molecule has 2 aromatic carbocycles. The molecule has 1 N–H and O–H groups in total. The van der Waals surface area contributed by atoms with Gasteiger partial charge < -0.3 is 9.84 Å². The standard InChI is InChI=1S/C23H27F3N2O5S/c1-15-8-19(11-22(29)30)10-21(9-15)34(31,32)28-16(2)12-27(13-17(28)3)14-18-4-6-20(7-5-18)33-23(24,25)26/h4-10,16-17H,11-14H2,1-3H3,(H,29,30). The first-order chi connectivity index (χ1) is 15.7. The molecule has 0 amide bonds. The average molecular weight is 501 g/mol. The van der Waals surface area contributed by atoms with Crippen LogP contribution in [0.3, 0.4) is 0 Å². The Morgan fingerprint density at radius 3 is 2.18 bits per heavy atom. The van der Waals surface area contributed by atoms with Gasteiger partial charge in [0.05, 0.1) is 11.3 Å². The summed E-state index contributed by atoms with van der Waals surface area (Å²) in [7, 11) is -3.87. The summed E-state index contributed by atoms with van der Waals surface area (Å²) in [6.07, 6.45) is -5.02. The number of sulfonamides is 1. The van der Waals surface area contributed by atoms with Gasteiger partial charge in [0.2, 0.25) is 10.0 Å². The first kappa shape index (κ1) is 26.0. The second-order valence-corrected chi connectivity index (χ2v) is 10.5. The van der Waals surface area contributed by atoms with E-state index in [0.717, 1.165) is 5.56 Å². The van der Waals surface area contributed by atoms with Crippen LogP contribution in [0.15, 0.2) is 47.4 Å². The Labute approximate surface area is 196 Å². The number of carbonyl (C=O) groups is 1. The lowest BCUT2D eigenvalue weighted by Crippen LogP contribution is -2.58. The van der Waals surface area contributed by atoms with Gasteiger partial charge >= 0.3 is 12.3 Å². The van der Waals surface area contributed by atoms with Crippen molar-refractivity contribution < 1.29 is 36.2 Å². The van der Waals surface area contributed by atoms with Crippen molar-refractivity contribution in [3.63, 3.8) is 0 Å². The summed E-state index contributed by atoms with van der Waals surface area (Å²) in [4.78, 5) is 13.2. The monoisotopic (exact) mass is 500 g/mol. The van der Waals surface area contributed by atoms with Crippen LogP contribution in [-0.2, 0) is 27.8 Å². The van der Waals surface area contributed by atoms with Crippen LogP contribution in [-0.4, -0.2) is 60.2 Å². The first-order valence-electron chi connectivity index (χ1n) is 10.7. The van der Waals surface area contributed by atoms with Gasteiger partial charge in [0.1, 0.15) is 5.75 Å². The smallest absolute Gasteiger partial charge is 0.481 e. The number of carboxylic acids is 1. The van der Waals surface area contributed by atoms with E-state index in [-0.39, 0.29) is 29.1 Å². The zero-order valence-electron chi connectivity index (χ0n) is 19.0. The summed E-state index contributed by atoms with van der Waals surface area (Å²) in [5, 5.41) is 9.08. The molecule has 1 aliphatic rings. The van der Waals surface area contributed by atoms with Crippen LogP contribution in [0.25, 0.3) is 0 Å². The summed E-state index contributed by atoms with van der Waals surface area (Å²) in [5.74, 6) is -1.34. The van der Waals surface area contributed by atoms with Gasteiger partial charge in [-0.25, -0.2) is 8.42 Å². The number of alkyl halides is 3. The van der Waals surface area contributed by atoms with E-state index in [1.807, 2.05) is 4.90 Å². The lowest BCUT2D eigenvalue weighted by Gasteiger charge is -2.43. The maximum atomic E-state index is 13.5. The van der Waals surface area contributed by atoms with Crippen molar-refractivity contribution >= 4 is 16.0 Å². The Kier molecular flexibility index (Phi) is 7.59. The molecule has 11 heteroatoms. The number of nitrogens with zero attached hydrogens (tertiary/aromatic N) is 2. The van der Waals surface area contributed by atoms with E-state index in [2.05, 4.69) is 4.74 Å². The van der Waals surface area contributed by atoms with Crippen LogP contribution < -0.4 is 4.74 Å². The molecule has 2 aromatic rings. The summed E-state index contributed by atoms with van der Waals surface area (Å²) in [6.45, 7) is 6.63. The topological polar surface area (TPSA) is 87.1 Å². The average Bonchev–Trinajstić information content (AvgIpc) is 2.66. The van der Waals surface area contributed by atoms with Crippen molar-refractivity contribution in [2.45, 2.75) is 57.1 Å². The maximum absolute atomic E-state index is 13.5. The molecule has 1 saturated heterocycles. The minimum Gasteiger partial charge on any atom is -0.481 e. The van der Waals surface area contributed by atoms with Crippen molar-refractivity contribution in [2.24, 2.45) is 0 Å². The molecule has 0 radical (unpaired) electrons. The fraction of sp³-hybridized carbons (Fsp3) is 0.435. The SMILES string of the molecule is Cc1cc(CC(=O)O)cc(S(=O)(=O)N2C(C)CN(Cc3ccc(OC(F)(F)F)cc3)CC2C)c1. The maximum Gasteiger partial charge on any atom is 0.573 e. The Morgan fingerprint density at radius 1 is 1.06 bits per heavy atom. The Bertz CT molecular complexity index is 1120. The van der Waals surface area contributed by atoms with Gasteiger partial charge in [0, 0.05) is 31.7 Å². The number of ether oxygens (including phenoxy) is 1. The summed E-state index contributed by atoms with van der Waals surface area (Å²) < 4.78 is 69.3. The molecule has 0 aliphatic carbocycles. The number of rotatable bonds is 7. The van der Waals surface area contributed by atoms with Crippen LogP contribution in [0.2, 0.25) is 0 Å². The third kappa shape index (κ3) is 6.49. The first-order valence-corrected chi connectivity index (χ1v) is 12.1. The molecule has 1 fully saturated rings. The number of aryl methyl sites for hydroxylation is 1. The van der Waals surface area contributed by atoms with Crippen molar-refractivity contribution in [1.82, 2.24) is 9.21 Å². The van der Waals surface area contributed by atoms with E-state index in [9.17, 15) is 26.4 Å². The van der Waals surface area contributed by atoms with E-state index < -0.39 is 22.4 Å². The number of benzene rings is 2.